The lowest BCUT2D eigenvalue weighted by Gasteiger charge is -2.09. The number of carbonyl (C=O) groups is 1. The van der Waals surface area contributed by atoms with Gasteiger partial charge >= 0.3 is 5.97 Å². The molecule has 2 rings (SSSR count). The number of carboxylic acids is 1. The highest BCUT2D eigenvalue weighted by Gasteiger charge is 2.17. The molecule has 2 aromatic rings. The number of nitrogens with zero attached hydrogens (tertiary/aromatic N) is 2. The summed E-state index contributed by atoms with van der Waals surface area (Å²) in [7, 11) is 0. The van der Waals surface area contributed by atoms with Gasteiger partial charge in [-0.05, 0) is 24.6 Å². The average Bonchev–Trinajstić information content (AvgIpc) is 2.73. The van der Waals surface area contributed by atoms with Crippen molar-refractivity contribution in [2.24, 2.45) is 0 Å². The molecule has 6 heteroatoms. The van der Waals surface area contributed by atoms with Crippen LogP contribution in [0.5, 0.6) is 0 Å². The maximum atomic E-state index is 12.5. The first-order valence-corrected chi connectivity index (χ1v) is 5.62. The molecule has 0 bridgehead atoms. The summed E-state index contributed by atoms with van der Waals surface area (Å²) in [5, 5.41) is 8.95. The Morgan fingerprint density at radius 1 is 1.53 bits per heavy atom. The zero-order valence-electron chi connectivity index (χ0n) is 10.2. The van der Waals surface area contributed by atoms with Gasteiger partial charge in [0, 0.05) is 12.4 Å². The second-order valence-corrected chi connectivity index (χ2v) is 4.13. The number of carboxylic acid groups (broad SMARTS) is 1. The molecule has 1 N–H and O–H groups in total. The summed E-state index contributed by atoms with van der Waals surface area (Å²) in [5.41, 5.74) is 1.67. The van der Waals surface area contributed by atoms with Crippen LogP contribution < -0.4 is 0 Å². The molecule has 0 aliphatic heterocycles. The minimum atomic E-state index is -2.56. The number of pyridine rings is 1. The van der Waals surface area contributed by atoms with Crippen LogP contribution in [0.15, 0.2) is 30.6 Å². The summed E-state index contributed by atoms with van der Waals surface area (Å²) in [6, 6.07) is 4.89. The van der Waals surface area contributed by atoms with Crippen LogP contribution in [-0.2, 0) is 6.54 Å². The maximum Gasteiger partial charge on any atom is 0.337 e. The number of rotatable bonds is 4. The molecular formula is C13H12F2N2O2. The number of halogens is 2. The fraction of sp³-hybridized carbons (Fsp3) is 0.231. The normalized spacial score (nSPS) is 10.9. The fourth-order valence-corrected chi connectivity index (χ4v) is 1.88. The van der Waals surface area contributed by atoms with Crippen LogP contribution in [0.2, 0.25) is 0 Å². The molecule has 100 valence electrons. The Labute approximate surface area is 108 Å². The molecule has 0 aliphatic carbocycles. The van der Waals surface area contributed by atoms with Gasteiger partial charge in [0.15, 0.2) is 0 Å². The number of aromatic nitrogens is 2. The zero-order valence-corrected chi connectivity index (χ0v) is 10.2. The monoisotopic (exact) mass is 266 g/mol. The van der Waals surface area contributed by atoms with Crippen molar-refractivity contribution in [1.82, 2.24) is 9.55 Å². The Hall–Kier alpha value is -2.24. The third-order valence-electron chi connectivity index (χ3n) is 2.73. The zero-order chi connectivity index (χ0) is 14.0. The van der Waals surface area contributed by atoms with E-state index in [1.807, 2.05) is 0 Å². The quantitative estimate of drug-likeness (QED) is 0.925. The lowest BCUT2D eigenvalue weighted by molar-refractivity contribution is 0.0696. The van der Waals surface area contributed by atoms with Crippen molar-refractivity contribution in [3.05, 3.63) is 41.7 Å². The van der Waals surface area contributed by atoms with E-state index in [0.29, 0.717) is 11.4 Å². The van der Waals surface area contributed by atoms with E-state index < -0.39 is 18.9 Å². The second-order valence-electron chi connectivity index (χ2n) is 4.13. The van der Waals surface area contributed by atoms with Crippen molar-refractivity contribution >= 4 is 5.97 Å². The lowest BCUT2D eigenvalue weighted by Crippen LogP contribution is -2.07. The topological polar surface area (TPSA) is 55.1 Å². The molecule has 2 aromatic heterocycles. The Morgan fingerprint density at radius 3 is 2.84 bits per heavy atom. The van der Waals surface area contributed by atoms with E-state index in [4.69, 9.17) is 5.11 Å². The number of aromatic carboxylic acids is 1. The van der Waals surface area contributed by atoms with Crippen LogP contribution in [0.4, 0.5) is 8.78 Å². The average molecular weight is 266 g/mol. The van der Waals surface area contributed by atoms with Crippen LogP contribution >= 0.6 is 0 Å². The van der Waals surface area contributed by atoms with Gasteiger partial charge in [-0.3, -0.25) is 4.98 Å². The van der Waals surface area contributed by atoms with Gasteiger partial charge in [-0.25, -0.2) is 13.6 Å². The number of aryl methyl sites for hydroxylation is 1. The molecule has 19 heavy (non-hydrogen) atoms. The van der Waals surface area contributed by atoms with Gasteiger partial charge in [-0.1, -0.05) is 6.07 Å². The summed E-state index contributed by atoms with van der Waals surface area (Å²) >= 11 is 0. The number of hydrogen-bond acceptors (Lipinski definition) is 2. The minimum absolute atomic E-state index is 0.0271. The molecule has 0 spiro atoms. The van der Waals surface area contributed by atoms with Gasteiger partial charge < -0.3 is 9.67 Å². The maximum absolute atomic E-state index is 12.5. The van der Waals surface area contributed by atoms with Crippen molar-refractivity contribution in [3.63, 3.8) is 0 Å². The van der Waals surface area contributed by atoms with E-state index >= 15 is 0 Å². The summed E-state index contributed by atoms with van der Waals surface area (Å²) < 4.78 is 26.3. The highest BCUT2D eigenvalue weighted by molar-refractivity contribution is 5.89. The smallest absolute Gasteiger partial charge is 0.337 e. The number of hydrogen-bond donors (Lipinski definition) is 1. The van der Waals surface area contributed by atoms with E-state index in [9.17, 15) is 13.6 Å². The van der Waals surface area contributed by atoms with Gasteiger partial charge in [0.05, 0.1) is 23.5 Å². The third kappa shape index (κ3) is 2.78. The molecule has 2 heterocycles. The first-order valence-electron chi connectivity index (χ1n) is 5.62. The molecule has 0 aliphatic rings. The fourth-order valence-electron chi connectivity index (χ4n) is 1.88. The van der Waals surface area contributed by atoms with Crippen LogP contribution in [0.1, 0.15) is 15.9 Å². The molecule has 0 aromatic carbocycles. The van der Waals surface area contributed by atoms with E-state index in [1.54, 1.807) is 25.3 Å². The molecule has 0 amide bonds. The molecular weight excluding hydrogens is 254 g/mol. The van der Waals surface area contributed by atoms with E-state index in [0.717, 1.165) is 5.56 Å². The van der Waals surface area contributed by atoms with Crippen molar-refractivity contribution in [1.29, 1.82) is 0 Å². The van der Waals surface area contributed by atoms with Gasteiger partial charge in [0.25, 0.3) is 6.43 Å². The van der Waals surface area contributed by atoms with Crippen molar-refractivity contribution < 1.29 is 18.7 Å². The van der Waals surface area contributed by atoms with Crippen LogP contribution in [-0.4, -0.2) is 27.1 Å². The highest BCUT2D eigenvalue weighted by atomic mass is 19.3. The first-order chi connectivity index (χ1) is 8.99. The van der Waals surface area contributed by atoms with E-state index in [2.05, 4.69) is 4.98 Å². The van der Waals surface area contributed by atoms with Crippen molar-refractivity contribution in [2.75, 3.05) is 0 Å². The van der Waals surface area contributed by atoms with Gasteiger partial charge in [0.2, 0.25) is 0 Å². The predicted octanol–water partition coefficient (Wildman–Crippen LogP) is 2.82. The van der Waals surface area contributed by atoms with E-state index in [1.165, 1.54) is 16.8 Å². The van der Waals surface area contributed by atoms with Gasteiger partial charge in [-0.2, -0.15) is 0 Å². The summed E-state index contributed by atoms with van der Waals surface area (Å²) in [4.78, 5) is 15.1. The van der Waals surface area contributed by atoms with Gasteiger partial charge in [0.1, 0.15) is 0 Å². The standard InChI is InChI=1S/C13H12F2N2O2/c1-8-3-2-4-16-12(8)10-5-9(13(18)19)6-17(10)7-11(14)15/h2-6,11H,7H2,1H3,(H,18,19). The molecule has 0 atom stereocenters. The minimum Gasteiger partial charge on any atom is -0.478 e. The molecule has 0 unspecified atom stereocenters. The van der Waals surface area contributed by atoms with E-state index in [-0.39, 0.29) is 5.56 Å². The molecule has 0 saturated carbocycles. The molecule has 0 saturated heterocycles. The molecule has 0 radical (unpaired) electrons. The predicted molar refractivity (Wildman–Crippen MR) is 65.4 cm³/mol. The third-order valence-corrected chi connectivity index (χ3v) is 2.73. The van der Waals surface area contributed by atoms with Crippen LogP contribution in [0.3, 0.4) is 0 Å². The lowest BCUT2D eigenvalue weighted by atomic mass is 10.1. The van der Waals surface area contributed by atoms with Crippen molar-refractivity contribution in [2.45, 2.75) is 19.9 Å². The van der Waals surface area contributed by atoms with Crippen LogP contribution in [0.25, 0.3) is 11.4 Å². The highest BCUT2D eigenvalue weighted by Crippen LogP contribution is 2.24. The van der Waals surface area contributed by atoms with Gasteiger partial charge in [-0.15, -0.1) is 0 Å². The molecule has 4 nitrogen and oxygen atoms in total. The summed E-state index contributed by atoms with van der Waals surface area (Å²) in [6.45, 7) is 1.24. The number of alkyl halides is 2. The Balaban J connectivity index is 2.54. The first kappa shape index (κ1) is 13.2. The summed E-state index contributed by atoms with van der Waals surface area (Å²) in [6.07, 6.45) is 0.192. The van der Waals surface area contributed by atoms with Crippen molar-refractivity contribution in [3.8, 4) is 11.4 Å². The Morgan fingerprint density at radius 2 is 2.26 bits per heavy atom. The largest absolute Gasteiger partial charge is 0.478 e. The SMILES string of the molecule is Cc1cccnc1-c1cc(C(=O)O)cn1CC(F)F. The molecule has 0 fully saturated rings. The van der Waals surface area contributed by atoms with Crippen LogP contribution in [0, 0.1) is 6.92 Å². The summed E-state index contributed by atoms with van der Waals surface area (Å²) in [5.74, 6) is -1.15. The Kier molecular flexibility index (Phi) is 3.59. The Bertz CT molecular complexity index is 608. The second kappa shape index (κ2) is 5.17.